The average molecular weight is 325 g/mol. The van der Waals surface area contributed by atoms with Gasteiger partial charge in [-0.15, -0.1) is 0 Å². The zero-order chi connectivity index (χ0) is 16.7. The van der Waals surface area contributed by atoms with Gasteiger partial charge in [0.25, 0.3) is 0 Å². The van der Waals surface area contributed by atoms with Gasteiger partial charge in [-0.3, -0.25) is 19.4 Å². The number of amides is 1. The Morgan fingerprint density at radius 1 is 1.29 bits per heavy atom. The van der Waals surface area contributed by atoms with Gasteiger partial charge < -0.3 is 4.90 Å². The van der Waals surface area contributed by atoms with E-state index < -0.39 is 0 Å². The summed E-state index contributed by atoms with van der Waals surface area (Å²) in [7, 11) is 1.88. The largest absolute Gasteiger partial charge is 0.309 e. The number of carbonyl (C=O) groups excluding carboxylic acids is 1. The van der Waals surface area contributed by atoms with Crippen LogP contribution in [-0.2, 0) is 18.4 Å². The molecule has 0 aliphatic carbocycles. The second-order valence-electron chi connectivity index (χ2n) is 6.98. The summed E-state index contributed by atoms with van der Waals surface area (Å²) < 4.78 is 1.75. The van der Waals surface area contributed by atoms with Crippen LogP contribution in [0.2, 0.25) is 0 Å². The van der Waals surface area contributed by atoms with Gasteiger partial charge in [-0.25, -0.2) is 0 Å². The summed E-state index contributed by atoms with van der Waals surface area (Å²) in [6.45, 7) is 5.46. The minimum absolute atomic E-state index is 0.101. The lowest BCUT2D eigenvalue weighted by Crippen LogP contribution is -2.45. The Bertz CT molecular complexity index is 755. The van der Waals surface area contributed by atoms with E-state index in [9.17, 15) is 4.79 Å². The Morgan fingerprint density at radius 3 is 2.92 bits per heavy atom. The molecule has 2 atom stereocenters. The van der Waals surface area contributed by atoms with Crippen molar-refractivity contribution in [3.05, 3.63) is 42.0 Å². The molecular formula is C18H23N5O. The van der Waals surface area contributed by atoms with Gasteiger partial charge in [0.05, 0.1) is 23.5 Å². The number of aryl methyl sites for hydroxylation is 2. The molecule has 0 spiro atoms. The summed E-state index contributed by atoms with van der Waals surface area (Å²) in [5, 5.41) is 4.19. The molecule has 6 heteroatoms. The van der Waals surface area contributed by atoms with Crippen LogP contribution in [0.25, 0.3) is 0 Å². The normalized spacial score (nSPS) is 24.4. The highest BCUT2D eigenvalue weighted by molar-refractivity contribution is 5.96. The fourth-order valence-electron chi connectivity index (χ4n) is 3.99. The summed E-state index contributed by atoms with van der Waals surface area (Å²) >= 11 is 0. The van der Waals surface area contributed by atoms with Crippen LogP contribution < -0.4 is 4.90 Å². The molecule has 2 saturated heterocycles. The van der Waals surface area contributed by atoms with Gasteiger partial charge in [0.2, 0.25) is 5.91 Å². The van der Waals surface area contributed by atoms with Crippen molar-refractivity contribution in [2.45, 2.75) is 19.9 Å². The Labute approximate surface area is 142 Å². The van der Waals surface area contributed by atoms with E-state index in [1.807, 2.05) is 31.1 Å². The zero-order valence-electron chi connectivity index (χ0n) is 14.2. The monoisotopic (exact) mass is 325 g/mol. The molecular weight excluding hydrogens is 302 g/mol. The topological polar surface area (TPSA) is 54.3 Å². The summed E-state index contributed by atoms with van der Waals surface area (Å²) in [6, 6.07) is 6.14. The summed E-state index contributed by atoms with van der Waals surface area (Å²) in [5.41, 5.74) is 3.05. The molecule has 0 radical (unpaired) electrons. The van der Waals surface area contributed by atoms with Gasteiger partial charge in [0, 0.05) is 45.1 Å². The number of rotatable bonds is 3. The number of pyridine rings is 1. The second-order valence-corrected chi connectivity index (χ2v) is 6.98. The zero-order valence-corrected chi connectivity index (χ0v) is 14.2. The molecule has 2 aromatic heterocycles. The Kier molecular flexibility index (Phi) is 3.84. The van der Waals surface area contributed by atoms with Crippen molar-refractivity contribution < 1.29 is 4.79 Å². The first-order chi connectivity index (χ1) is 11.6. The lowest BCUT2D eigenvalue weighted by molar-refractivity contribution is -0.124. The lowest BCUT2D eigenvalue weighted by atomic mass is 9.88. The Morgan fingerprint density at radius 2 is 2.17 bits per heavy atom. The number of piperidine rings is 1. The Hall–Kier alpha value is -2.21. The van der Waals surface area contributed by atoms with Gasteiger partial charge in [-0.1, -0.05) is 6.07 Å². The highest BCUT2D eigenvalue weighted by atomic mass is 16.2. The number of aromatic nitrogens is 3. The molecule has 6 nitrogen and oxygen atoms in total. The highest BCUT2D eigenvalue weighted by Gasteiger charge is 2.43. The molecule has 0 aromatic carbocycles. The lowest BCUT2D eigenvalue weighted by Gasteiger charge is -2.32. The quantitative estimate of drug-likeness (QED) is 0.860. The van der Waals surface area contributed by atoms with Crippen LogP contribution in [0.3, 0.4) is 0 Å². The fraction of sp³-hybridized carbons (Fsp3) is 0.500. The molecule has 4 rings (SSSR count). The predicted octanol–water partition coefficient (Wildman–Crippen LogP) is 1.61. The predicted molar refractivity (Wildman–Crippen MR) is 91.4 cm³/mol. The number of fused-ring (bicyclic) bond motifs is 1. The number of hydrogen-bond acceptors (Lipinski definition) is 4. The third kappa shape index (κ3) is 2.82. The second kappa shape index (κ2) is 6.02. The van der Waals surface area contributed by atoms with E-state index in [0.717, 1.165) is 49.7 Å². The van der Waals surface area contributed by atoms with E-state index >= 15 is 0 Å². The van der Waals surface area contributed by atoms with Crippen molar-refractivity contribution in [2.24, 2.45) is 18.9 Å². The maximum atomic E-state index is 12.9. The molecule has 2 aliphatic rings. The standard InChI is InChI=1S/C18H23N5O/c1-13-4-3-5-15(20-13)10-22-9-14-6-7-23(18(24)17(14)12-22)16-8-19-21(2)11-16/h3-5,8,11,14,17H,6-7,9-10,12H2,1-2H3/t14-,17-/m1/s1. The molecule has 2 aromatic rings. The summed E-state index contributed by atoms with van der Waals surface area (Å²) in [4.78, 5) is 21.8. The Balaban J connectivity index is 1.46. The van der Waals surface area contributed by atoms with E-state index in [4.69, 9.17) is 0 Å². The number of nitrogens with zero attached hydrogens (tertiary/aromatic N) is 5. The minimum atomic E-state index is 0.101. The van der Waals surface area contributed by atoms with E-state index in [0.29, 0.717) is 5.92 Å². The number of carbonyl (C=O) groups is 1. The van der Waals surface area contributed by atoms with Gasteiger partial charge in [-0.2, -0.15) is 5.10 Å². The SMILES string of the molecule is Cc1cccc(CN2C[C@H]3CCN(c4cnn(C)c4)C(=O)[C@@H]3C2)n1. The number of anilines is 1. The molecule has 2 fully saturated rings. The van der Waals surface area contributed by atoms with Crippen LogP contribution in [0.15, 0.2) is 30.6 Å². The first-order valence-electron chi connectivity index (χ1n) is 8.55. The first kappa shape index (κ1) is 15.3. The molecule has 0 bridgehead atoms. The third-order valence-corrected chi connectivity index (χ3v) is 5.16. The van der Waals surface area contributed by atoms with E-state index in [-0.39, 0.29) is 11.8 Å². The van der Waals surface area contributed by atoms with Crippen LogP contribution in [0.4, 0.5) is 5.69 Å². The molecule has 0 N–H and O–H groups in total. The number of hydrogen-bond donors (Lipinski definition) is 0. The van der Waals surface area contributed by atoms with Gasteiger partial charge in [-0.05, 0) is 31.4 Å². The van der Waals surface area contributed by atoms with E-state index in [1.165, 1.54) is 0 Å². The van der Waals surface area contributed by atoms with Gasteiger partial charge in [0.15, 0.2) is 0 Å². The smallest absolute Gasteiger partial charge is 0.231 e. The van der Waals surface area contributed by atoms with Crippen LogP contribution in [0, 0.1) is 18.8 Å². The molecule has 126 valence electrons. The van der Waals surface area contributed by atoms with Crippen molar-refractivity contribution in [3.8, 4) is 0 Å². The van der Waals surface area contributed by atoms with Crippen molar-refractivity contribution in [1.29, 1.82) is 0 Å². The van der Waals surface area contributed by atoms with E-state index in [2.05, 4.69) is 27.1 Å². The van der Waals surface area contributed by atoms with Crippen molar-refractivity contribution in [2.75, 3.05) is 24.5 Å². The maximum Gasteiger partial charge on any atom is 0.231 e. The summed E-state index contributed by atoms with van der Waals surface area (Å²) in [5.74, 6) is 0.818. The molecule has 4 heterocycles. The maximum absolute atomic E-state index is 12.9. The van der Waals surface area contributed by atoms with Crippen molar-refractivity contribution in [1.82, 2.24) is 19.7 Å². The van der Waals surface area contributed by atoms with Gasteiger partial charge in [0.1, 0.15) is 0 Å². The van der Waals surface area contributed by atoms with Crippen LogP contribution in [-0.4, -0.2) is 45.2 Å². The molecule has 24 heavy (non-hydrogen) atoms. The molecule has 0 unspecified atom stereocenters. The minimum Gasteiger partial charge on any atom is -0.309 e. The van der Waals surface area contributed by atoms with E-state index in [1.54, 1.807) is 10.9 Å². The molecule has 0 saturated carbocycles. The average Bonchev–Trinajstić information content (AvgIpc) is 3.14. The highest BCUT2D eigenvalue weighted by Crippen LogP contribution is 2.34. The van der Waals surface area contributed by atoms with Crippen LogP contribution in [0.1, 0.15) is 17.8 Å². The molecule has 1 amide bonds. The first-order valence-corrected chi connectivity index (χ1v) is 8.55. The van der Waals surface area contributed by atoms with Crippen LogP contribution in [0.5, 0.6) is 0 Å². The van der Waals surface area contributed by atoms with Crippen molar-refractivity contribution in [3.63, 3.8) is 0 Å². The number of likely N-dealkylation sites (tertiary alicyclic amines) is 1. The van der Waals surface area contributed by atoms with Crippen LogP contribution >= 0.6 is 0 Å². The van der Waals surface area contributed by atoms with Crippen molar-refractivity contribution >= 4 is 11.6 Å². The molecule has 2 aliphatic heterocycles. The third-order valence-electron chi connectivity index (χ3n) is 5.16. The summed E-state index contributed by atoms with van der Waals surface area (Å²) in [6.07, 6.45) is 4.76. The fourth-order valence-corrected chi connectivity index (χ4v) is 3.99. The van der Waals surface area contributed by atoms with Gasteiger partial charge >= 0.3 is 0 Å².